The Hall–Kier alpha value is -1.91. The summed E-state index contributed by atoms with van der Waals surface area (Å²) >= 11 is 5.14. The first-order valence-corrected chi connectivity index (χ1v) is 7.28. The van der Waals surface area contributed by atoms with Crippen LogP contribution in [-0.4, -0.2) is 4.98 Å². The van der Waals surface area contributed by atoms with E-state index in [2.05, 4.69) is 20.9 Å². The number of hydrogen-bond acceptors (Lipinski definition) is 4. The number of pyridine rings is 1. The molecule has 0 radical (unpaired) electrons. The zero-order valence-electron chi connectivity index (χ0n) is 10.2. The topological polar surface area (TPSA) is 106 Å². The van der Waals surface area contributed by atoms with Crippen molar-refractivity contribution in [2.75, 3.05) is 5.73 Å². The van der Waals surface area contributed by atoms with E-state index < -0.39 is 11.4 Å². The van der Waals surface area contributed by atoms with Gasteiger partial charge in [-0.1, -0.05) is 0 Å². The van der Waals surface area contributed by atoms with Crippen molar-refractivity contribution in [3.05, 3.63) is 47.5 Å². The molecule has 0 saturated carbocycles. The summed E-state index contributed by atoms with van der Waals surface area (Å²) in [4.78, 5) is 14.0. The fourth-order valence-corrected chi connectivity index (χ4v) is 2.61. The number of hydrogen-bond donors (Lipinski definition) is 2. The third-order valence-electron chi connectivity index (χ3n) is 2.75. The van der Waals surface area contributed by atoms with Crippen molar-refractivity contribution >= 4 is 44.3 Å². The van der Waals surface area contributed by atoms with Crippen LogP contribution in [0.4, 0.5) is 10.2 Å². The van der Waals surface area contributed by atoms with Gasteiger partial charge in [-0.25, -0.2) is 4.39 Å². The molecule has 8 heteroatoms. The van der Waals surface area contributed by atoms with Gasteiger partial charge in [-0.15, -0.1) is 0 Å². The highest BCUT2D eigenvalue weighted by Crippen LogP contribution is 2.33. The van der Waals surface area contributed by atoms with Crippen molar-refractivity contribution in [2.45, 2.75) is 0 Å². The highest BCUT2D eigenvalue weighted by molar-refractivity contribution is 14.1. The van der Waals surface area contributed by atoms with E-state index >= 15 is 0 Å². The summed E-state index contributed by atoms with van der Waals surface area (Å²) in [5.74, 6) is -0.867. The van der Waals surface area contributed by atoms with Crippen LogP contribution >= 0.6 is 38.5 Å². The van der Waals surface area contributed by atoms with Crippen molar-refractivity contribution in [1.29, 1.82) is 10.5 Å². The van der Waals surface area contributed by atoms with Crippen molar-refractivity contribution < 1.29 is 4.39 Å². The molecule has 3 N–H and O–H groups in total. The van der Waals surface area contributed by atoms with Crippen LogP contribution in [-0.2, 0) is 0 Å². The Labute approximate surface area is 140 Å². The second-order valence-electron chi connectivity index (χ2n) is 3.96. The number of nitrogens with zero attached hydrogens (tertiary/aromatic N) is 2. The molecule has 0 aliphatic carbocycles. The molecule has 21 heavy (non-hydrogen) atoms. The Morgan fingerprint density at radius 1 is 1.29 bits per heavy atom. The zero-order valence-corrected chi connectivity index (χ0v) is 13.9. The van der Waals surface area contributed by atoms with Crippen LogP contribution < -0.4 is 11.3 Å². The maximum Gasteiger partial charge on any atom is 0.268 e. The molecule has 1 aromatic carbocycles. The molecule has 0 saturated heterocycles. The third kappa shape index (κ3) is 2.64. The van der Waals surface area contributed by atoms with E-state index in [-0.39, 0.29) is 28.1 Å². The Balaban J connectivity index is 3.00. The van der Waals surface area contributed by atoms with Gasteiger partial charge in [0.2, 0.25) is 0 Å². The number of rotatable bonds is 1. The minimum absolute atomic E-state index is 0.0199. The lowest BCUT2D eigenvalue weighted by Crippen LogP contribution is -2.16. The Morgan fingerprint density at radius 2 is 1.90 bits per heavy atom. The minimum Gasteiger partial charge on any atom is -0.384 e. The quantitative estimate of drug-likeness (QED) is 0.506. The summed E-state index contributed by atoms with van der Waals surface area (Å²) in [5.41, 5.74) is 4.23. The van der Waals surface area contributed by atoms with Crippen LogP contribution in [0.1, 0.15) is 11.1 Å². The van der Waals surface area contributed by atoms with Gasteiger partial charge in [0.05, 0.1) is 0 Å². The number of aromatic nitrogens is 1. The van der Waals surface area contributed by atoms with Crippen LogP contribution in [0.5, 0.6) is 0 Å². The molecule has 0 bridgehead atoms. The zero-order chi connectivity index (χ0) is 15.7. The molecular weight excluding hydrogens is 454 g/mol. The molecular formula is C13H5BrFIN4O. The number of aromatic amines is 1. The predicted octanol–water partition coefficient (Wildman–Crippen LogP) is 2.87. The Kier molecular flexibility index (Phi) is 4.30. The largest absolute Gasteiger partial charge is 0.384 e. The molecule has 0 aliphatic rings. The van der Waals surface area contributed by atoms with E-state index in [1.165, 1.54) is 12.1 Å². The van der Waals surface area contributed by atoms with Gasteiger partial charge in [0.15, 0.2) is 0 Å². The van der Waals surface area contributed by atoms with Crippen LogP contribution in [0.3, 0.4) is 0 Å². The van der Waals surface area contributed by atoms with Gasteiger partial charge in [0.25, 0.3) is 5.56 Å². The predicted molar refractivity (Wildman–Crippen MR) is 86.7 cm³/mol. The lowest BCUT2D eigenvalue weighted by atomic mass is 9.96. The minimum atomic E-state index is -0.763. The Morgan fingerprint density at radius 3 is 2.48 bits per heavy atom. The van der Waals surface area contributed by atoms with Crippen molar-refractivity contribution in [3.8, 4) is 23.3 Å². The van der Waals surface area contributed by atoms with E-state index in [0.717, 1.165) is 0 Å². The SMILES string of the molecule is N#Cc1c(N)[nH]c(=O)c(C#N)c1-c1cc(I)c(Br)cc1F. The lowest BCUT2D eigenvalue weighted by molar-refractivity contribution is 0.630. The average Bonchev–Trinajstić information content (AvgIpc) is 2.42. The van der Waals surface area contributed by atoms with Gasteiger partial charge in [-0.2, -0.15) is 10.5 Å². The number of nitrogens with two attached hydrogens (primary N) is 1. The lowest BCUT2D eigenvalue weighted by Gasteiger charge is -2.10. The van der Waals surface area contributed by atoms with E-state index in [4.69, 9.17) is 11.0 Å². The molecule has 0 unspecified atom stereocenters. The van der Waals surface area contributed by atoms with Crippen LogP contribution in [0.15, 0.2) is 21.4 Å². The van der Waals surface area contributed by atoms with E-state index in [1.807, 2.05) is 22.6 Å². The van der Waals surface area contributed by atoms with Crippen LogP contribution in [0, 0.1) is 32.0 Å². The summed E-state index contributed by atoms with van der Waals surface area (Å²) < 4.78 is 15.4. The first-order chi connectivity index (χ1) is 9.90. The van der Waals surface area contributed by atoms with Gasteiger partial charge < -0.3 is 10.7 Å². The maximum atomic E-state index is 14.2. The van der Waals surface area contributed by atoms with Crippen molar-refractivity contribution in [1.82, 2.24) is 4.98 Å². The number of halogens is 3. The molecule has 5 nitrogen and oxygen atoms in total. The smallest absolute Gasteiger partial charge is 0.268 e. The number of nitrogen functional groups attached to an aromatic ring is 1. The van der Waals surface area contributed by atoms with Gasteiger partial charge in [0.1, 0.15) is 34.9 Å². The van der Waals surface area contributed by atoms with Gasteiger partial charge in [-0.05, 0) is 50.7 Å². The summed E-state index contributed by atoms with van der Waals surface area (Å²) in [6.45, 7) is 0. The molecule has 2 rings (SSSR count). The molecule has 0 atom stereocenters. The standard InChI is InChI=1S/C13H5BrFIN4O/c14-8-2-9(15)5(1-10(8)16)11-6(3-17)12(19)20-13(21)7(11)4-18/h1-2H,(H3,19,20,21). The first kappa shape index (κ1) is 15.5. The summed E-state index contributed by atoms with van der Waals surface area (Å²) in [6, 6.07) is 6.14. The van der Waals surface area contributed by atoms with Gasteiger partial charge in [-0.3, -0.25) is 4.79 Å². The molecule has 1 aromatic heterocycles. The number of nitrogens with one attached hydrogen (secondary N) is 1. The highest BCUT2D eigenvalue weighted by Gasteiger charge is 2.21. The second kappa shape index (κ2) is 5.84. The fraction of sp³-hybridized carbons (Fsp3) is 0. The summed E-state index contributed by atoms with van der Waals surface area (Å²) in [5, 5.41) is 18.3. The van der Waals surface area contributed by atoms with Crippen molar-refractivity contribution in [2.24, 2.45) is 0 Å². The van der Waals surface area contributed by atoms with Crippen LogP contribution in [0.2, 0.25) is 0 Å². The highest BCUT2D eigenvalue weighted by atomic mass is 127. The molecule has 2 aromatic rings. The summed E-state index contributed by atoms with van der Waals surface area (Å²) in [7, 11) is 0. The third-order valence-corrected chi connectivity index (χ3v) is 5.04. The van der Waals surface area contributed by atoms with E-state index in [1.54, 1.807) is 12.1 Å². The van der Waals surface area contributed by atoms with Crippen LogP contribution in [0.25, 0.3) is 11.1 Å². The number of nitriles is 2. The van der Waals surface area contributed by atoms with Gasteiger partial charge in [0, 0.05) is 19.2 Å². The first-order valence-electron chi connectivity index (χ1n) is 5.41. The average molecular weight is 459 g/mol. The number of anilines is 1. The molecule has 0 aliphatic heterocycles. The normalized spacial score (nSPS) is 9.95. The maximum absolute atomic E-state index is 14.2. The fourth-order valence-electron chi connectivity index (χ4n) is 1.83. The second-order valence-corrected chi connectivity index (χ2v) is 5.98. The summed E-state index contributed by atoms with van der Waals surface area (Å²) in [6.07, 6.45) is 0. The molecule has 1 heterocycles. The number of benzene rings is 1. The monoisotopic (exact) mass is 458 g/mol. The number of H-pyrrole nitrogens is 1. The van der Waals surface area contributed by atoms with Crippen molar-refractivity contribution in [3.63, 3.8) is 0 Å². The van der Waals surface area contributed by atoms with E-state index in [0.29, 0.717) is 8.04 Å². The molecule has 0 amide bonds. The van der Waals surface area contributed by atoms with Gasteiger partial charge >= 0.3 is 0 Å². The molecule has 104 valence electrons. The molecule has 0 spiro atoms. The molecule has 0 fully saturated rings. The Bertz CT molecular complexity index is 895. The van der Waals surface area contributed by atoms with E-state index in [9.17, 15) is 14.4 Å².